The number of benzene rings is 4. The summed E-state index contributed by atoms with van der Waals surface area (Å²) >= 11 is 4.00. The number of carbonyl (C=O) groups is 1. The number of aliphatic hydroxyl groups excluding tert-OH is 1. The highest BCUT2D eigenvalue weighted by Gasteiger charge is 2.22. The number of rotatable bonds is 11. The number of aromatic nitrogens is 3. The average molecular weight is 684 g/mol. The van der Waals surface area contributed by atoms with Crippen LogP contribution >= 0.6 is 34.9 Å². The van der Waals surface area contributed by atoms with E-state index >= 15 is 0 Å². The van der Waals surface area contributed by atoms with Crippen molar-refractivity contribution in [1.82, 2.24) is 14.5 Å². The van der Waals surface area contributed by atoms with E-state index in [9.17, 15) is 30.3 Å². The lowest BCUT2D eigenvalue weighted by molar-refractivity contribution is 0.102. The number of Topliss-reactive ketones (excluding diaryl/α,β-unsaturated/α-hetero) is 1. The van der Waals surface area contributed by atoms with Crippen LogP contribution in [0.15, 0.2) is 106 Å². The Labute approximate surface area is 282 Å². The molecular formula is C35H29N3O6S3. The molecule has 2 aromatic heterocycles. The molecule has 2 heterocycles. The van der Waals surface area contributed by atoms with Crippen LogP contribution in [0.3, 0.4) is 0 Å². The summed E-state index contributed by atoms with van der Waals surface area (Å²) in [5.74, 6) is -2.46. The van der Waals surface area contributed by atoms with Crippen molar-refractivity contribution in [2.45, 2.75) is 22.5 Å². The average Bonchev–Trinajstić information content (AvgIpc) is 3.76. The van der Waals surface area contributed by atoms with Crippen LogP contribution in [0.1, 0.15) is 27.6 Å². The molecule has 47 heavy (non-hydrogen) atoms. The van der Waals surface area contributed by atoms with Crippen molar-refractivity contribution in [3.63, 3.8) is 0 Å². The predicted octanol–water partition coefficient (Wildman–Crippen LogP) is 7.59. The predicted molar refractivity (Wildman–Crippen MR) is 185 cm³/mol. The lowest BCUT2D eigenvalue weighted by Gasteiger charge is -2.16. The van der Waals surface area contributed by atoms with Gasteiger partial charge in [-0.2, -0.15) is 0 Å². The van der Waals surface area contributed by atoms with Crippen molar-refractivity contribution in [2.75, 3.05) is 11.5 Å². The van der Waals surface area contributed by atoms with Crippen LogP contribution in [0, 0.1) is 6.92 Å². The molecule has 1 atom stereocenters. The summed E-state index contributed by atoms with van der Waals surface area (Å²) in [6.45, 7) is 2.00. The summed E-state index contributed by atoms with van der Waals surface area (Å²) in [5.41, 5.74) is 4.03. The number of nitrogens with zero attached hydrogens (tertiary/aromatic N) is 3. The highest BCUT2D eigenvalue weighted by Crippen LogP contribution is 2.46. The molecule has 6 rings (SSSR count). The Balaban J connectivity index is 1.20. The van der Waals surface area contributed by atoms with Gasteiger partial charge in [0.2, 0.25) is 0 Å². The fraction of sp³-hybridized carbons (Fsp3) is 0.114. The molecule has 6 aromatic rings. The van der Waals surface area contributed by atoms with Gasteiger partial charge >= 0.3 is 0 Å². The molecule has 0 saturated carbocycles. The number of aliphatic hydroxyl groups is 1. The summed E-state index contributed by atoms with van der Waals surface area (Å²) in [6, 6.07) is 22.8. The molecule has 0 aliphatic heterocycles. The van der Waals surface area contributed by atoms with Crippen LogP contribution in [0.4, 0.5) is 0 Å². The number of hydrogen-bond acceptors (Lipinski definition) is 11. The topological polar surface area (TPSA) is 149 Å². The lowest BCUT2D eigenvalue weighted by atomic mass is 9.95. The lowest BCUT2D eigenvalue weighted by Crippen LogP contribution is -2.05. The maximum absolute atomic E-state index is 13.3. The third-order valence-electron chi connectivity index (χ3n) is 7.37. The van der Waals surface area contributed by atoms with Crippen molar-refractivity contribution in [3.05, 3.63) is 113 Å². The Morgan fingerprint density at radius 3 is 2.34 bits per heavy atom. The number of phenols is 4. The fourth-order valence-electron chi connectivity index (χ4n) is 4.85. The van der Waals surface area contributed by atoms with Gasteiger partial charge in [0.1, 0.15) is 0 Å². The molecule has 0 aliphatic carbocycles. The van der Waals surface area contributed by atoms with E-state index in [4.69, 9.17) is 0 Å². The summed E-state index contributed by atoms with van der Waals surface area (Å²) < 4.78 is 2.61. The van der Waals surface area contributed by atoms with Gasteiger partial charge in [-0.05, 0) is 48.9 Å². The highest BCUT2D eigenvalue weighted by atomic mass is 32.2. The van der Waals surface area contributed by atoms with E-state index in [0.717, 1.165) is 32.9 Å². The fourth-order valence-corrected chi connectivity index (χ4v) is 7.54. The zero-order chi connectivity index (χ0) is 33.1. The highest BCUT2D eigenvalue weighted by molar-refractivity contribution is 8.01. The molecule has 0 radical (unpaired) electrons. The first-order valence-corrected chi connectivity index (χ1v) is 17.2. The second-order valence-electron chi connectivity index (χ2n) is 10.6. The molecule has 9 nitrogen and oxygen atoms in total. The smallest absolute Gasteiger partial charge is 0.173 e. The number of phenolic OH excluding ortho intramolecular Hbond substituents is 4. The molecule has 0 aliphatic rings. The second kappa shape index (κ2) is 13.9. The molecule has 0 fully saturated rings. The number of aryl methyl sites for hydroxylation is 1. The Bertz CT molecular complexity index is 2040. The van der Waals surface area contributed by atoms with E-state index in [0.29, 0.717) is 5.16 Å². The van der Waals surface area contributed by atoms with Crippen LogP contribution in [-0.2, 0) is 0 Å². The van der Waals surface area contributed by atoms with Crippen LogP contribution < -0.4 is 0 Å². The molecule has 1 unspecified atom stereocenters. The quantitative estimate of drug-likeness (QED) is 0.0525. The Kier molecular flexibility index (Phi) is 9.55. The number of hydrogen-bond donors (Lipinski definition) is 5. The molecule has 0 spiro atoms. The molecule has 0 amide bonds. The minimum atomic E-state index is -1.08. The zero-order valence-electron chi connectivity index (χ0n) is 24.9. The zero-order valence-corrected chi connectivity index (χ0v) is 27.4. The molecular weight excluding hydrogens is 655 g/mol. The first kappa shape index (κ1) is 32.2. The first-order chi connectivity index (χ1) is 22.7. The molecule has 4 aromatic carbocycles. The van der Waals surface area contributed by atoms with E-state index < -0.39 is 29.1 Å². The summed E-state index contributed by atoms with van der Waals surface area (Å²) in [6.07, 6.45) is 2.37. The molecule has 5 N–H and O–H groups in total. The maximum atomic E-state index is 13.3. The molecule has 0 bridgehead atoms. The first-order valence-electron chi connectivity index (χ1n) is 14.4. The van der Waals surface area contributed by atoms with Crippen LogP contribution in [0.25, 0.3) is 28.1 Å². The van der Waals surface area contributed by atoms with Gasteiger partial charge in [0, 0.05) is 51.5 Å². The van der Waals surface area contributed by atoms with E-state index in [1.807, 2.05) is 71.5 Å². The number of thioether (sulfide) groups is 2. The van der Waals surface area contributed by atoms with E-state index in [1.165, 1.54) is 53.1 Å². The Hall–Kier alpha value is -4.75. The minimum absolute atomic E-state index is 0.0253. The number of carbonyl (C=O) groups excluding carboxylic acids is 1. The maximum Gasteiger partial charge on any atom is 0.173 e. The Morgan fingerprint density at radius 2 is 1.60 bits per heavy atom. The van der Waals surface area contributed by atoms with Crippen molar-refractivity contribution < 1.29 is 30.3 Å². The third-order valence-corrected chi connectivity index (χ3v) is 10.4. The van der Waals surface area contributed by atoms with Gasteiger partial charge in [0.15, 0.2) is 38.3 Å². The Morgan fingerprint density at radius 1 is 0.894 bits per heavy atom. The van der Waals surface area contributed by atoms with Crippen LogP contribution in [0.5, 0.6) is 23.0 Å². The third kappa shape index (κ3) is 7.15. The number of imidazole rings is 1. The monoisotopic (exact) mass is 683 g/mol. The molecule has 238 valence electrons. The van der Waals surface area contributed by atoms with Gasteiger partial charge in [0.25, 0.3) is 0 Å². The molecule has 0 saturated heterocycles. The van der Waals surface area contributed by atoms with E-state index in [2.05, 4.69) is 9.97 Å². The van der Waals surface area contributed by atoms with Gasteiger partial charge in [-0.15, -0.1) is 11.3 Å². The number of aromatic hydroxyl groups is 4. The number of ketones is 1. The van der Waals surface area contributed by atoms with Crippen molar-refractivity contribution in [1.29, 1.82) is 0 Å². The normalized spacial score (nSPS) is 11.9. The summed E-state index contributed by atoms with van der Waals surface area (Å²) in [4.78, 5) is 22.3. The van der Waals surface area contributed by atoms with Gasteiger partial charge < -0.3 is 25.5 Å². The van der Waals surface area contributed by atoms with Gasteiger partial charge in [-0.3, -0.25) is 9.36 Å². The van der Waals surface area contributed by atoms with E-state index in [1.54, 1.807) is 12.4 Å². The molecule has 12 heteroatoms. The largest absolute Gasteiger partial charge is 0.504 e. The van der Waals surface area contributed by atoms with Crippen molar-refractivity contribution >= 4 is 40.6 Å². The van der Waals surface area contributed by atoms with Crippen LogP contribution in [0.2, 0.25) is 0 Å². The standard InChI is InChI=1S/C35H29N3O6S3/c1-20-7-9-24(10-8-20)38-12-11-36-34(38)45-18-30(41)22-13-25(32(43)28(39)15-22)26-14-23(16-29(40)33(26)44)31(42)19-47-35-37-27(17-46-35)21-5-3-2-4-6-21/h2-17,31,39-40,42-44H,18-19H2,1H3. The van der Waals surface area contributed by atoms with E-state index in [-0.39, 0.29) is 39.5 Å². The van der Waals surface area contributed by atoms with Gasteiger partial charge in [0.05, 0.1) is 17.6 Å². The summed E-state index contributed by atoms with van der Waals surface area (Å²) in [5, 5.41) is 56.2. The second-order valence-corrected chi connectivity index (χ2v) is 13.7. The number of thiazole rings is 1. The van der Waals surface area contributed by atoms with Crippen LogP contribution in [-0.4, -0.2) is 57.4 Å². The summed E-state index contributed by atoms with van der Waals surface area (Å²) in [7, 11) is 0. The SMILES string of the molecule is Cc1ccc(-n2ccnc2SCC(=O)c2cc(O)c(O)c(-c3cc(C(O)CSc4nc(-c5ccccc5)cs4)cc(O)c3O)c2)cc1. The van der Waals surface area contributed by atoms with Crippen molar-refractivity contribution in [2.24, 2.45) is 0 Å². The minimum Gasteiger partial charge on any atom is -0.504 e. The van der Waals surface area contributed by atoms with Gasteiger partial charge in [-0.25, -0.2) is 9.97 Å². The van der Waals surface area contributed by atoms with Crippen molar-refractivity contribution in [3.8, 4) is 51.1 Å². The van der Waals surface area contributed by atoms with Gasteiger partial charge in [-0.1, -0.05) is 71.6 Å².